The Bertz CT molecular complexity index is 751. The summed E-state index contributed by atoms with van der Waals surface area (Å²) in [7, 11) is 0. The second-order valence-electron chi connectivity index (χ2n) is 4.68. The molecule has 0 fully saturated rings. The van der Waals surface area contributed by atoms with E-state index in [1.54, 1.807) is 13.0 Å². The highest BCUT2D eigenvalue weighted by Crippen LogP contribution is 2.29. The van der Waals surface area contributed by atoms with Crippen molar-refractivity contribution < 1.29 is 10.2 Å². The molecule has 108 valence electrons. The van der Waals surface area contributed by atoms with E-state index in [-0.39, 0.29) is 23.7 Å². The van der Waals surface area contributed by atoms with E-state index in [2.05, 4.69) is 9.98 Å². The molecule has 6 nitrogen and oxygen atoms in total. The van der Waals surface area contributed by atoms with Gasteiger partial charge < -0.3 is 20.9 Å². The number of para-hydroxylation sites is 1. The minimum Gasteiger partial charge on any atom is -0.505 e. The molecule has 5 N–H and O–H groups in total. The molecule has 0 radical (unpaired) electrons. The summed E-state index contributed by atoms with van der Waals surface area (Å²) in [5, 5.41) is 29.1. The lowest BCUT2D eigenvalue weighted by atomic mass is 10.2. The average Bonchev–Trinajstić information content (AvgIpc) is 2.79. The molecule has 2 aromatic rings. The molecule has 1 aromatic heterocycles. The van der Waals surface area contributed by atoms with Gasteiger partial charge in [-0.3, -0.25) is 4.99 Å². The maximum Gasteiger partial charge on any atom is 0.148 e. The van der Waals surface area contributed by atoms with Crippen molar-refractivity contribution in [2.45, 2.75) is 13.0 Å². The summed E-state index contributed by atoms with van der Waals surface area (Å²) in [5.74, 6) is 0.0816. The number of nitrogens with two attached hydrogens (primary N) is 1. The van der Waals surface area contributed by atoms with Crippen molar-refractivity contribution in [3.8, 4) is 11.8 Å². The zero-order valence-electron chi connectivity index (χ0n) is 11.5. The maximum absolute atomic E-state index is 10.1. The van der Waals surface area contributed by atoms with E-state index in [4.69, 9.17) is 11.0 Å². The van der Waals surface area contributed by atoms with Crippen LogP contribution in [0.4, 0.5) is 0 Å². The van der Waals surface area contributed by atoms with E-state index < -0.39 is 6.10 Å². The number of hydrogen-bond acceptors (Lipinski definition) is 4. The van der Waals surface area contributed by atoms with Gasteiger partial charge in [0.1, 0.15) is 17.7 Å². The molecule has 21 heavy (non-hydrogen) atoms. The van der Waals surface area contributed by atoms with Gasteiger partial charge in [0, 0.05) is 10.9 Å². The van der Waals surface area contributed by atoms with Crippen LogP contribution in [0.15, 0.2) is 34.8 Å². The van der Waals surface area contributed by atoms with Gasteiger partial charge >= 0.3 is 0 Å². The van der Waals surface area contributed by atoms with Gasteiger partial charge in [0.15, 0.2) is 0 Å². The first-order chi connectivity index (χ1) is 10.0. The monoisotopic (exact) mass is 284 g/mol. The van der Waals surface area contributed by atoms with Crippen LogP contribution in [0.5, 0.6) is 5.75 Å². The van der Waals surface area contributed by atoms with Crippen LogP contribution in [0.2, 0.25) is 0 Å². The summed E-state index contributed by atoms with van der Waals surface area (Å²) < 4.78 is 0. The lowest BCUT2D eigenvalue weighted by Gasteiger charge is -2.01. The number of nitrogens with one attached hydrogen (secondary N) is 1. The Morgan fingerprint density at radius 1 is 1.52 bits per heavy atom. The number of aliphatic hydroxyl groups is 1. The van der Waals surface area contributed by atoms with E-state index in [1.807, 2.05) is 24.3 Å². The van der Waals surface area contributed by atoms with Gasteiger partial charge in [-0.25, -0.2) is 0 Å². The Hall–Kier alpha value is -2.78. The van der Waals surface area contributed by atoms with Crippen molar-refractivity contribution in [3.05, 3.63) is 35.5 Å². The van der Waals surface area contributed by atoms with Crippen LogP contribution in [-0.4, -0.2) is 33.7 Å². The van der Waals surface area contributed by atoms with Crippen LogP contribution < -0.4 is 5.73 Å². The van der Waals surface area contributed by atoms with Crippen LogP contribution in [-0.2, 0) is 0 Å². The number of benzene rings is 1. The second-order valence-corrected chi connectivity index (χ2v) is 4.68. The fourth-order valence-corrected chi connectivity index (χ4v) is 1.88. The molecule has 0 amide bonds. The number of nitrogens with zero attached hydrogens (tertiary/aromatic N) is 2. The highest BCUT2D eigenvalue weighted by atomic mass is 16.3. The van der Waals surface area contributed by atoms with Crippen molar-refractivity contribution in [1.82, 2.24) is 4.98 Å². The average molecular weight is 284 g/mol. The van der Waals surface area contributed by atoms with Crippen molar-refractivity contribution in [2.24, 2.45) is 10.7 Å². The Morgan fingerprint density at radius 3 is 2.86 bits per heavy atom. The van der Waals surface area contributed by atoms with E-state index in [9.17, 15) is 10.2 Å². The Kier molecular flexibility index (Phi) is 4.26. The summed E-state index contributed by atoms with van der Waals surface area (Å²) in [4.78, 5) is 6.94. The smallest absolute Gasteiger partial charge is 0.148 e. The second kappa shape index (κ2) is 6.11. The van der Waals surface area contributed by atoms with Crippen LogP contribution in [0.1, 0.15) is 12.6 Å². The van der Waals surface area contributed by atoms with Gasteiger partial charge in [0.05, 0.1) is 23.9 Å². The lowest BCUT2D eigenvalue weighted by Crippen LogP contribution is -2.17. The molecule has 1 heterocycles. The molecule has 1 aromatic carbocycles. The van der Waals surface area contributed by atoms with Crippen LogP contribution in [0, 0.1) is 11.3 Å². The number of nitriles is 1. The fourth-order valence-electron chi connectivity index (χ4n) is 1.88. The third-order valence-corrected chi connectivity index (χ3v) is 2.92. The predicted octanol–water partition coefficient (Wildman–Crippen LogP) is 1.52. The van der Waals surface area contributed by atoms with Gasteiger partial charge in [-0.15, -0.1) is 0 Å². The number of aliphatic hydroxyl groups excluding tert-OH is 1. The summed E-state index contributed by atoms with van der Waals surface area (Å²) in [6.45, 7) is 1.69. The molecule has 0 saturated heterocycles. The van der Waals surface area contributed by atoms with Gasteiger partial charge in [0.25, 0.3) is 0 Å². The molecule has 0 saturated carbocycles. The quantitative estimate of drug-likeness (QED) is 0.386. The lowest BCUT2D eigenvalue weighted by molar-refractivity contribution is 0.204. The first kappa shape index (κ1) is 14.6. The van der Waals surface area contributed by atoms with Gasteiger partial charge in [-0.05, 0) is 25.1 Å². The first-order valence-corrected chi connectivity index (χ1v) is 6.42. The summed E-state index contributed by atoms with van der Waals surface area (Å²) in [5.41, 5.74) is 7.00. The molecule has 0 spiro atoms. The van der Waals surface area contributed by atoms with E-state index in [0.29, 0.717) is 11.1 Å². The first-order valence-electron chi connectivity index (χ1n) is 6.42. The Morgan fingerprint density at radius 2 is 2.24 bits per heavy atom. The van der Waals surface area contributed by atoms with Crippen molar-refractivity contribution in [2.75, 3.05) is 6.54 Å². The topological polar surface area (TPSA) is 118 Å². The minimum absolute atomic E-state index is 0.0245. The number of H-pyrrole nitrogens is 1. The van der Waals surface area contributed by atoms with Crippen LogP contribution >= 0.6 is 0 Å². The molecule has 0 aliphatic rings. The Labute approximate surface area is 121 Å². The zero-order valence-corrected chi connectivity index (χ0v) is 11.5. The number of aromatic hydroxyl groups is 1. The number of amidine groups is 1. The number of rotatable bonds is 4. The zero-order chi connectivity index (χ0) is 15.4. The molecular formula is C15H16N4O2. The third kappa shape index (κ3) is 3.22. The number of hydrogen-bond donors (Lipinski definition) is 4. The number of aromatic amines is 1. The predicted molar refractivity (Wildman–Crippen MR) is 81.7 cm³/mol. The number of aromatic nitrogens is 1. The largest absolute Gasteiger partial charge is 0.505 e. The standard InChI is InChI=1S/C15H16N4O2/c1-9(20)8-18-15(17)10(7-16)6-13-14(21)11-4-2-3-5-12(11)19-13/h2-6,9,19-21H,8H2,1H3,(H2,17,18). The maximum atomic E-state index is 10.1. The highest BCUT2D eigenvalue weighted by Gasteiger charge is 2.10. The molecule has 0 aliphatic carbocycles. The van der Waals surface area contributed by atoms with Crippen LogP contribution in [0.3, 0.4) is 0 Å². The van der Waals surface area contributed by atoms with Gasteiger partial charge in [-0.1, -0.05) is 12.1 Å². The van der Waals surface area contributed by atoms with Crippen molar-refractivity contribution in [3.63, 3.8) is 0 Å². The molecule has 1 atom stereocenters. The van der Waals surface area contributed by atoms with Gasteiger partial charge in [-0.2, -0.15) is 5.26 Å². The van der Waals surface area contributed by atoms with Crippen molar-refractivity contribution >= 4 is 22.8 Å². The van der Waals surface area contributed by atoms with E-state index >= 15 is 0 Å². The molecule has 1 unspecified atom stereocenters. The molecule has 2 rings (SSSR count). The number of aliphatic imine (C=N–C) groups is 1. The summed E-state index contributed by atoms with van der Waals surface area (Å²) >= 11 is 0. The third-order valence-electron chi connectivity index (χ3n) is 2.92. The summed E-state index contributed by atoms with van der Waals surface area (Å²) in [6, 6.07) is 9.19. The number of fused-ring (bicyclic) bond motifs is 1. The summed E-state index contributed by atoms with van der Waals surface area (Å²) in [6.07, 6.45) is 0.806. The molecular weight excluding hydrogens is 268 g/mol. The van der Waals surface area contributed by atoms with E-state index in [1.165, 1.54) is 6.08 Å². The molecule has 6 heteroatoms. The molecule has 0 bridgehead atoms. The SMILES string of the molecule is CC(O)CN=C(N)C(C#N)=Cc1[nH]c2ccccc2c1O. The van der Waals surface area contributed by atoms with Crippen LogP contribution in [0.25, 0.3) is 17.0 Å². The fraction of sp³-hybridized carbons (Fsp3) is 0.200. The molecule has 0 aliphatic heterocycles. The van der Waals surface area contributed by atoms with Gasteiger partial charge in [0.2, 0.25) is 0 Å². The van der Waals surface area contributed by atoms with E-state index in [0.717, 1.165) is 5.52 Å². The minimum atomic E-state index is -0.634. The highest BCUT2D eigenvalue weighted by molar-refractivity contribution is 6.05. The Balaban J connectivity index is 2.41. The normalized spacial score (nSPS) is 14.1. The van der Waals surface area contributed by atoms with Crippen molar-refractivity contribution in [1.29, 1.82) is 5.26 Å².